The average molecular weight is 296 g/mol. The van der Waals surface area contributed by atoms with Crippen molar-refractivity contribution in [1.82, 2.24) is 0 Å². The number of esters is 1. The predicted molar refractivity (Wildman–Crippen MR) is 91.5 cm³/mol. The Morgan fingerprint density at radius 2 is 1.14 bits per heavy atom. The van der Waals surface area contributed by atoms with Crippen LogP contribution in [0.2, 0.25) is 0 Å². The zero-order valence-corrected chi connectivity index (χ0v) is 14.4. The van der Waals surface area contributed by atoms with Gasteiger partial charge in [-0.3, -0.25) is 0 Å². The van der Waals surface area contributed by atoms with Crippen LogP contribution in [0.1, 0.15) is 97.3 Å². The van der Waals surface area contributed by atoms with E-state index in [4.69, 9.17) is 4.74 Å². The first-order valence-electron chi connectivity index (χ1n) is 9.01. The lowest BCUT2D eigenvalue weighted by molar-refractivity contribution is -0.139. The van der Waals surface area contributed by atoms with E-state index in [2.05, 4.69) is 13.5 Å². The maximum atomic E-state index is 11.1. The minimum Gasteiger partial charge on any atom is -0.462 e. The van der Waals surface area contributed by atoms with Crippen molar-refractivity contribution in [2.24, 2.45) is 0 Å². The quantitative estimate of drug-likeness (QED) is 0.204. The molecule has 0 saturated carbocycles. The van der Waals surface area contributed by atoms with Crippen LogP contribution in [-0.4, -0.2) is 12.6 Å². The van der Waals surface area contributed by atoms with Crippen molar-refractivity contribution in [1.29, 1.82) is 0 Å². The Morgan fingerprint density at radius 1 is 0.762 bits per heavy atom. The fourth-order valence-corrected chi connectivity index (χ4v) is 2.41. The van der Waals surface area contributed by atoms with Gasteiger partial charge in [0, 0.05) is 5.57 Å². The third kappa shape index (κ3) is 15.4. The third-order valence-electron chi connectivity index (χ3n) is 3.83. The van der Waals surface area contributed by atoms with Gasteiger partial charge < -0.3 is 4.74 Å². The maximum absolute atomic E-state index is 11.1. The van der Waals surface area contributed by atoms with Crippen LogP contribution >= 0.6 is 0 Å². The van der Waals surface area contributed by atoms with Crippen LogP contribution in [0, 0.1) is 0 Å². The summed E-state index contributed by atoms with van der Waals surface area (Å²) >= 11 is 0. The van der Waals surface area contributed by atoms with Crippen molar-refractivity contribution in [3.05, 3.63) is 12.2 Å². The van der Waals surface area contributed by atoms with E-state index in [1.165, 1.54) is 77.0 Å². The van der Waals surface area contributed by atoms with E-state index < -0.39 is 0 Å². The highest BCUT2D eigenvalue weighted by molar-refractivity contribution is 5.86. The smallest absolute Gasteiger partial charge is 0.333 e. The van der Waals surface area contributed by atoms with Gasteiger partial charge in [-0.25, -0.2) is 4.79 Å². The molecule has 0 aliphatic rings. The zero-order valence-electron chi connectivity index (χ0n) is 14.4. The standard InChI is InChI=1S/C19H36O2/c1-4-5-6-7-8-9-10-11-12-13-14-15-16-17-21-19(20)18(2)3/h2,4-17H2,1,3H3. The molecule has 0 heterocycles. The largest absolute Gasteiger partial charge is 0.462 e. The minimum atomic E-state index is -0.256. The lowest BCUT2D eigenvalue weighted by Crippen LogP contribution is -2.05. The molecule has 2 heteroatoms. The van der Waals surface area contributed by atoms with Crippen LogP contribution in [0.25, 0.3) is 0 Å². The molecule has 0 radical (unpaired) electrons. The Labute approximate surface area is 132 Å². The first kappa shape index (κ1) is 20.2. The monoisotopic (exact) mass is 296 g/mol. The van der Waals surface area contributed by atoms with Crippen molar-refractivity contribution in [3.8, 4) is 0 Å². The number of hydrogen-bond acceptors (Lipinski definition) is 2. The molecule has 0 amide bonds. The van der Waals surface area contributed by atoms with E-state index in [9.17, 15) is 4.79 Å². The Balaban J connectivity index is 3.06. The molecule has 0 N–H and O–H groups in total. The fraction of sp³-hybridized carbons (Fsp3) is 0.842. The molecule has 0 bridgehead atoms. The van der Waals surface area contributed by atoms with E-state index in [1.807, 2.05) is 0 Å². The molecule has 0 saturated heterocycles. The van der Waals surface area contributed by atoms with Gasteiger partial charge in [-0.05, 0) is 13.3 Å². The molecule has 124 valence electrons. The van der Waals surface area contributed by atoms with E-state index in [-0.39, 0.29) is 5.97 Å². The molecule has 0 aliphatic carbocycles. The SMILES string of the molecule is C=C(C)C(=O)OCCCCCCCCCCCCCCC. The third-order valence-corrected chi connectivity index (χ3v) is 3.83. The second-order valence-electron chi connectivity index (χ2n) is 6.16. The molecule has 0 aliphatic heterocycles. The summed E-state index contributed by atoms with van der Waals surface area (Å²) in [5.74, 6) is -0.256. The molecule has 0 rings (SSSR count). The highest BCUT2D eigenvalue weighted by Gasteiger charge is 2.01. The number of carbonyl (C=O) groups is 1. The molecule has 0 unspecified atom stereocenters. The molecule has 0 aromatic heterocycles. The molecule has 0 atom stereocenters. The van der Waals surface area contributed by atoms with Crippen molar-refractivity contribution < 1.29 is 9.53 Å². The van der Waals surface area contributed by atoms with Gasteiger partial charge in [0.15, 0.2) is 0 Å². The van der Waals surface area contributed by atoms with Gasteiger partial charge in [0.1, 0.15) is 0 Å². The Kier molecular flexibility index (Phi) is 15.0. The molecule has 0 aromatic rings. The van der Waals surface area contributed by atoms with Gasteiger partial charge in [0.25, 0.3) is 0 Å². The van der Waals surface area contributed by atoms with Gasteiger partial charge in [-0.2, -0.15) is 0 Å². The van der Waals surface area contributed by atoms with E-state index in [1.54, 1.807) is 6.92 Å². The Morgan fingerprint density at radius 3 is 1.52 bits per heavy atom. The van der Waals surface area contributed by atoms with E-state index in [0.717, 1.165) is 6.42 Å². The maximum Gasteiger partial charge on any atom is 0.333 e. The summed E-state index contributed by atoms with van der Waals surface area (Å²) in [6.07, 6.45) is 17.3. The van der Waals surface area contributed by atoms with Crippen molar-refractivity contribution in [2.75, 3.05) is 6.61 Å². The van der Waals surface area contributed by atoms with Crippen LogP contribution in [0.5, 0.6) is 0 Å². The van der Waals surface area contributed by atoms with Crippen LogP contribution in [0.4, 0.5) is 0 Å². The van der Waals surface area contributed by atoms with Gasteiger partial charge in [-0.1, -0.05) is 90.6 Å². The summed E-state index contributed by atoms with van der Waals surface area (Å²) in [7, 11) is 0. The van der Waals surface area contributed by atoms with Crippen molar-refractivity contribution in [3.63, 3.8) is 0 Å². The lowest BCUT2D eigenvalue weighted by Gasteiger charge is -2.04. The first-order valence-corrected chi connectivity index (χ1v) is 9.01. The van der Waals surface area contributed by atoms with Crippen LogP contribution < -0.4 is 0 Å². The average Bonchev–Trinajstić information content (AvgIpc) is 2.47. The summed E-state index contributed by atoms with van der Waals surface area (Å²) in [6, 6.07) is 0. The summed E-state index contributed by atoms with van der Waals surface area (Å²) in [5.41, 5.74) is 0.490. The lowest BCUT2D eigenvalue weighted by atomic mass is 10.0. The number of hydrogen-bond donors (Lipinski definition) is 0. The molecular formula is C19H36O2. The molecule has 2 nitrogen and oxygen atoms in total. The summed E-state index contributed by atoms with van der Waals surface area (Å²) in [5, 5.41) is 0. The second kappa shape index (κ2) is 15.6. The predicted octanol–water partition coefficient (Wildman–Crippen LogP) is 6.20. The normalized spacial score (nSPS) is 10.6. The zero-order chi connectivity index (χ0) is 15.8. The fourth-order valence-electron chi connectivity index (χ4n) is 2.41. The number of ether oxygens (including phenoxy) is 1. The number of unbranched alkanes of at least 4 members (excludes halogenated alkanes) is 12. The van der Waals surface area contributed by atoms with E-state index in [0.29, 0.717) is 12.2 Å². The molecule has 21 heavy (non-hydrogen) atoms. The summed E-state index contributed by atoms with van der Waals surface area (Å²) < 4.78 is 5.06. The Hall–Kier alpha value is -0.790. The highest BCUT2D eigenvalue weighted by atomic mass is 16.5. The van der Waals surface area contributed by atoms with Crippen LogP contribution in [0.15, 0.2) is 12.2 Å². The van der Waals surface area contributed by atoms with Crippen LogP contribution in [0.3, 0.4) is 0 Å². The molecule has 0 spiro atoms. The highest BCUT2D eigenvalue weighted by Crippen LogP contribution is 2.12. The van der Waals surface area contributed by atoms with Gasteiger partial charge in [-0.15, -0.1) is 0 Å². The summed E-state index contributed by atoms with van der Waals surface area (Å²) in [4.78, 5) is 11.1. The summed E-state index contributed by atoms with van der Waals surface area (Å²) in [6.45, 7) is 8.07. The second-order valence-corrected chi connectivity index (χ2v) is 6.16. The molecule has 0 fully saturated rings. The van der Waals surface area contributed by atoms with Gasteiger partial charge in [0.2, 0.25) is 0 Å². The van der Waals surface area contributed by atoms with Crippen LogP contribution in [-0.2, 0) is 9.53 Å². The van der Waals surface area contributed by atoms with Crippen molar-refractivity contribution >= 4 is 5.97 Å². The molecular weight excluding hydrogens is 260 g/mol. The van der Waals surface area contributed by atoms with E-state index >= 15 is 0 Å². The first-order chi connectivity index (χ1) is 10.2. The van der Waals surface area contributed by atoms with Gasteiger partial charge >= 0.3 is 5.97 Å². The Bertz CT molecular complexity index is 258. The topological polar surface area (TPSA) is 26.3 Å². The van der Waals surface area contributed by atoms with Crippen molar-refractivity contribution in [2.45, 2.75) is 97.3 Å². The number of carbonyl (C=O) groups excluding carboxylic acids is 1. The molecule has 0 aromatic carbocycles. The number of rotatable bonds is 15. The minimum absolute atomic E-state index is 0.256. The van der Waals surface area contributed by atoms with Gasteiger partial charge in [0.05, 0.1) is 6.61 Å².